The van der Waals surface area contributed by atoms with Gasteiger partial charge >= 0.3 is 12.0 Å². The summed E-state index contributed by atoms with van der Waals surface area (Å²) in [5, 5.41) is 12.0. The summed E-state index contributed by atoms with van der Waals surface area (Å²) in [4.78, 5) is 25.2. The van der Waals surface area contributed by atoms with Crippen LogP contribution in [-0.2, 0) is 9.53 Å². The predicted molar refractivity (Wildman–Crippen MR) is 73.5 cm³/mol. The van der Waals surface area contributed by atoms with Crippen LogP contribution in [0.25, 0.3) is 0 Å². The Kier molecular flexibility index (Phi) is 4.86. The summed E-state index contributed by atoms with van der Waals surface area (Å²) in [6, 6.07) is -0.140. The van der Waals surface area contributed by atoms with E-state index in [4.69, 9.17) is 4.74 Å². The number of carbonyl (C=O) groups excluding carboxylic acids is 1. The van der Waals surface area contributed by atoms with Crippen LogP contribution in [-0.4, -0.2) is 55.4 Å². The maximum atomic E-state index is 12.1. The maximum absolute atomic E-state index is 12.1. The van der Waals surface area contributed by atoms with E-state index >= 15 is 0 Å². The molecule has 114 valence electrons. The molecule has 2 aliphatic rings. The number of amides is 2. The van der Waals surface area contributed by atoms with Gasteiger partial charge in [-0.25, -0.2) is 4.79 Å². The van der Waals surface area contributed by atoms with E-state index in [1.807, 2.05) is 0 Å². The van der Waals surface area contributed by atoms with Crippen LogP contribution in [0.2, 0.25) is 0 Å². The average Bonchev–Trinajstić information content (AvgIpc) is 2.37. The Labute approximate surface area is 119 Å². The lowest BCUT2D eigenvalue weighted by Gasteiger charge is -2.39. The topological polar surface area (TPSA) is 78.9 Å². The second-order valence-electron chi connectivity index (χ2n) is 6.01. The standard InChI is InChI=1S/C14H24N2O4/c1-20-9-11-4-2-7-16(8-11)13(19)15-10-14(12(17)18)5-3-6-14/h11H,2-10H2,1H3,(H,15,19)(H,17,18). The van der Waals surface area contributed by atoms with E-state index in [2.05, 4.69) is 5.32 Å². The molecule has 0 aromatic carbocycles. The fourth-order valence-electron chi connectivity index (χ4n) is 3.05. The molecule has 1 saturated heterocycles. The van der Waals surface area contributed by atoms with Gasteiger partial charge in [-0.15, -0.1) is 0 Å². The summed E-state index contributed by atoms with van der Waals surface area (Å²) in [5.41, 5.74) is -0.725. The summed E-state index contributed by atoms with van der Waals surface area (Å²) in [5.74, 6) is -0.406. The first-order valence-electron chi connectivity index (χ1n) is 7.32. The number of likely N-dealkylation sites (tertiary alicyclic amines) is 1. The summed E-state index contributed by atoms with van der Waals surface area (Å²) in [6.45, 7) is 2.35. The van der Waals surface area contributed by atoms with Crippen molar-refractivity contribution < 1.29 is 19.4 Å². The number of carbonyl (C=O) groups is 2. The molecule has 1 heterocycles. The minimum absolute atomic E-state index is 0.140. The molecule has 20 heavy (non-hydrogen) atoms. The Bertz CT molecular complexity index is 366. The smallest absolute Gasteiger partial charge is 0.317 e. The molecule has 2 N–H and O–H groups in total. The zero-order chi connectivity index (χ0) is 14.6. The summed E-state index contributed by atoms with van der Waals surface area (Å²) in [6.07, 6.45) is 4.31. The highest BCUT2D eigenvalue weighted by atomic mass is 16.5. The monoisotopic (exact) mass is 284 g/mol. The Morgan fingerprint density at radius 1 is 1.40 bits per heavy atom. The van der Waals surface area contributed by atoms with Gasteiger partial charge in [-0.05, 0) is 25.7 Å². The Hall–Kier alpha value is -1.30. The van der Waals surface area contributed by atoms with E-state index in [0.717, 1.165) is 25.8 Å². The molecule has 2 amide bonds. The average molecular weight is 284 g/mol. The van der Waals surface area contributed by atoms with Gasteiger partial charge in [0.25, 0.3) is 0 Å². The van der Waals surface area contributed by atoms with Crippen molar-refractivity contribution in [2.45, 2.75) is 32.1 Å². The molecule has 2 fully saturated rings. The highest BCUT2D eigenvalue weighted by molar-refractivity contribution is 5.79. The van der Waals surface area contributed by atoms with Crippen LogP contribution in [0, 0.1) is 11.3 Å². The van der Waals surface area contributed by atoms with Crippen molar-refractivity contribution >= 4 is 12.0 Å². The lowest BCUT2D eigenvalue weighted by atomic mass is 9.69. The number of nitrogens with one attached hydrogen (secondary N) is 1. The molecule has 6 heteroatoms. The van der Waals surface area contributed by atoms with Gasteiger partial charge in [0, 0.05) is 32.7 Å². The molecule has 2 rings (SSSR count). The van der Waals surface area contributed by atoms with Gasteiger partial charge in [-0.2, -0.15) is 0 Å². The van der Waals surface area contributed by atoms with Crippen molar-refractivity contribution in [1.29, 1.82) is 0 Å². The Morgan fingerprint density at radius 2 is 2.15 bits per heavy atom. The Morgan fingerprint density at radius 3 is 2.70 bits per heavy atom. The first kappa shape index (κ1) is 15.1. The molecule has 0 bridgehead atoms. The molecule has 0 spiro atoms. The summed E-state index contributed by atoms with van der Waals surface area (Å²) < 4.78 is 5.15. The van der Waals surface area contributed by atoms with Crippen molar-refractivity contribution in [2.24, 2.45) is 11.3 Å². The van der Waals surface area contributed by atoms with Crippen molar-refractivity contribution in [3.05, 3.63) is 0 Å². The first-order chi connectivity index (χ1) is 9.57. The normalized spacial score (nSPS) is 24.9. The molecule has 1 unspecified atom stereocenters. The predicted octanol–water partition coefficient (Wildman–Crippen LogP) is 1.31. The van der Waals surface area contributed by atoms with Crippen LogP contribution in [0.5, 0.6) is 0 Å². The quantitative estimate of drug-likeness (QED) is 0.798. The number of carboxylic acid groups (broad SMARTS) is 1. The van der Waals surface area contributed by atoms with Crippen molar-refractivity contribution in [2.75, 3.05) is 33.4 Å². The minimum Gasteiger partial charge on any atom is -0.481 e. The van der Waals surface area contributed by atoms with Crippen molar-refractivity contribution in [3.63, 3.8) is 0 Å². The van der Waals surface area contributed by atoms with Gasteiger partial charge in [0.15, 0.2) is 0 Å². The number of hydrogen-bond acceptors (Lipinski definition) is 3. The molecule has 6 nitrogen and oxygen atoms in total. The Balaban J connectivity index is 1.81. The molecule has 1 atom stereocenters. The molecule has 1 aliphatic heterocycles. The van der Waals surface area contributed by atoms with Gasteiger partial charge < -0.3 is 20.1 Å². The molecule has 0 radical (unpaired) electrons. The highest BCUT2D eigenvalue weighted by Crippen LogP contribution is 2.40. The van der Waals surface area contributed by atoms with Crippen molar-refractivity contribution in [1.82, 2.24) is 10.2 Å². The lowest BCUT2D eigenvalue weighted by molar-refractivity contribution is -0.153. The number of aliphatic carboxylic acids is 1. The third-order valence-electron chi connectivity index (χ3n) is 4.55. The second-order valence-corrected chi connectivity index (χ2v) is 6.01. The number of carboxylic acids is 1. The van der Waals surface area contributed by atoms with Crippen molar-refractivity contribution in [3.8, 4) is 0 Å². The zero-order valence-corrected chi connectivity index (χ0v) is 12.1. The van der Waals surface area contributed by atoms with Crippen LogP contribution >= 0.6 is 0 Å². The van der Waals surface area contributed by atoms with Crippen LogP contribution < -0.4 is 5.32 Å². The van der Waals surface area contributed by atoms with Gasteiger partial charge in [0.2, 0.25) is 0 Å². The van der Waals surface area contributed by atoms with Crippen LogP contribution in [0.3, 0.4) is 0 Å². The van der Waals surface area contributed by atoms with E-state index in [-0.39, 0.29) is 12.6 Å². The van der Waals surface area contributed by atoms with Gasteiger partial charge in [0.1, 0.15) is 0 Å². The molecule has 0 aromatic heterocycles. The molecule has 0 aromatic rings. The highest BCUT2D eigenvalue weighted by Gasteiger charge is 2.44. The number of ether oxygens (including phenoxy) is 1. The number of rotatable bonds is 5. The number of methoxy groups -OCH3 is 1. The van der Waals surface area contributed by atoms with Gasteiger partial charge in [-0.1, -0.05) is 6.42 Å². The first-order valence-corrected chi connectivity index (χ1v) is 7.32. The van der Waals surface area contributed by atoms with E-state index in [9.17, 15) is 14.7 Å². The van der Waals surface area contributed by atoms with Crippen LogP contribution in [0.4, 0.5) is 4.79 Å². The minimum atomic E-state index is -0.792. The fraction of sp³-hybridized carbons (Fsp3) is 0.857. The largest absolute Gasteiger partial charge is 0.481 e. The van der Waals surface area contributed by atoms with E-state index in [1.54, 1.807) is 12.0 Å². The SMILES string of the molecule is COCC1CCCN(C(=O)NCC2(C(=O)O)CCC2)C1. The third kappa shape index (κ3) is 3.23. The summed E-state index contributed by atoms with van der Waals surface area (Å²) >= 11 is 0. The number of urea groups is 1. The van der Waals surface area contributed by atoms with Gasteiger partial charge in [0.05, 0.1) is 12.0 Å². The van der Waals surface area contributed by atoms with E-state index in [0.29, 0.717) is 31.9 Å². The second kappa shape index (κ2) is 6.43. The molecule has 1 aliphatic carbocycles. The maximum Gasteiger partial charge on any atom is 0.317 e. The molecular weight excluding hydrogens is 260 g/mol. The number of hydrogen-bond donors (Lipinski definition) is 2. The third-order valence-corrected chi connectivity index (χ3v) is 4.55. The van der Waals surface area contributed by atoms with Crippen LogP contribution in [0.1, 0.15) is 32.1 Å². The zero-order valence-electron chi connectivity index (χ0n) is 12.1. The van der Waals surface area contributed by atoms with E-state index < -0.39 is 11.4 Å². The number of piperidine rings is 1. The summed E-state index contributed by atoms with van der Waals surface area (Å²) in [7, 11) is 1.67. The van der Waals surface area contributed by atoms with Crippen LogP contribution in [0.15, 0.2) is 0 Å². The van der Waals surface area contributed by atoms with Gasteiger partial charge in [-0.3, -0.25) is 4.79 Å². The molecular formula is C14H24N2O4. The van der Waals surface area contributed by atoms with E-state index in [1.165, 1.54) is 0 Å². The fourth-order valence-corrected chi connectivity index (χ4v) is 3.05. The lowest BCUT2D eigenvalue weighted by Crippen LogP contribution is -2.52. The molecule has 1 saturated carbocycles. The number of nitrogens with zero attached hydrogens (tertiary/aromatic N) is 1.